The molecule has 0 aromatic carbocycles. The van der Waals surface area contributed by atoms with Crippen LogP contribution in [0.2, 0.25) is 0 Å². The molecule has 0 amide bonds. The molecule has 0 radical (unpaired) electrons. The predicted molar refractivity (Wildman–Crippen MR) is 59.0 cm³/mol. The van der Waals surface area contributed by atoms with E-state index in [0.29, 0.717) is 17.4 Å². The van der Waals surface area contributed by atoms with Crippen molar-refractivity contribution in [3.05, 3.63) is 12.1 Å². The van der Waals surface area contributed by atoms with Crippen molar-refractivity contribution in [2.24, 2.45) is 0 Å². The van der Waals surface area contributed by atoms with Crippen molar-refractivity contribution in [2.75, 3.05) is 24.7 Å². The number of nitrogens with two attached hydrogens (primary N) is 1. The Morgan fingerprint density at radius 3 is 2.71 bits per heavy atom. The molecule has 1 rings (SSSR count). The predicted octanol–water partition coefficient (Wildman–Crippen LogP) is 2.43. The van der Waals surface area contributed by atoms with Crippen molar-refractivity contribution < 1.29 is 17.9 Å². The minimum absolute atomic E-state index is 0.0260. The van der Waals surface area contributed by atoms with Crippen molar-refractivity contribution in [1.29, 1.82) is 0 Å². The smallest absolute Gasteiger partial charge is 0.389 e. The molecule has 0 aliphatic heterocycles. The molecule has 0 saturated heterocycles. The van der Waals surface area contributed by atoms with Crippen LogP contribution in [0.1, 0.15) is 12.8 Å². The van der Waals surface area contributed by atoms with Gasteiger partial charge in [-0.15, -0.1) is 0 Å². The minimum Gasteiger partial charge on any atom is -0.481 e. The fourth-order valence-corrected chi connectivity index (χ4v) is 1.20. The lowest BCUT2D eigenvalue weighted by atomic mass is 10.3. The van der Waals surface area contributed by atoms with Crippen LogP contribution in [-0.4, -0.2) is 24.8 Å². The van der Waals surface area contributed by atoms with E-state index in [1.807, 2.05) is 0 Å². The quantitative estimate of drug-likeness (QED) is 0.787. The van der Waals surface area contributed by atoms with Gasteiger partial charge in [-0.25, -0.2) is 0 Å². The molecule has 1 aromatic heterocycles. The Kier molecular flexibility index (Phi) is 4.42. The number of hydrogen-bond donors (Lipinski definition) is 2. The number of ether oxygens (including phenoxy) is 1. The van der Waals surface area contributed by atoms with Crippen LogP contribution < -0.4 is 15.8 Å². The van der Waals surface area contributed by atoms with Gasteiger partial charge in [0.2, 0.25) is 5.88 Å². The molecule has 4 nitrogen and oxygen atoms in total. The third-order valence-electron chi connectivity index (χ3n) is 2.04. The van der Waals surface area contributed by atoms with E-state index in [0.717, 1.165) is 0 Å². The molecule has 7 heteroatoms. The van der Waals surface area contributed by atoms with Crippen LogP contribution in [-0.2, 0) is 0 Å². The Bertz CT molecular complexity index is 368. The summed E-state index contributed by atoms with van der Waals surface area (Å²) in [6.45, 7) is 0.157. The van der Waals surface area contributed by atoms with E-state index in [2.05, 4.69) is 10.3 Å². The Hall–Kier alpha value is -1.66. The molecule has 0 spiro atoms. The summed E-state index contributed by atoms with van der Waals surface area (Å²) in [4.78, 5) is 3.99. The number of methoxy groups -OCH3 is 1. The molecule has 0 aliphatic carbocycles. The van der Waals surface area contributed by atoms with Crippen molar-refractivity contribution in [3.8, 4) is 5.88 Å². The van der Waals surface area contributed by atoms with E-state index in [1.165, 1.54) is 7.11 Å². The summed E-state index contributed by atoms with van der Waals surface area (Å²) >= 11 is 0. The van der Waals surface area contributed by atoms with Gasteiger partial charge in [0.05, 0.1) is 12.8 Å². The van der Waals surface area contributed by atoms with Crippen molar-refractivity contribution >= 4 is 11.5 Å². The van der Waals surface area contributed by atoms with Crippen LogP contribution >= 0.6 is 0 Å². The first kappa shape index (κ1) is 13.4. The first-order valence-corrected chi connectivity index (χ1v) is 5.03. The number of aromatic nitrogens is 1. The first-order chi connectivity index (χ1) is 7.92. The molecule has 0 saturated carbocycles. The lowest BCUT2D eigenvalue weighted by Gasteiger charge is -2.10. The maximum Gasteiger partial charge on any atom is 0.389 e. The largest absolute Gasteiger partial charge is 0.481 e. The van der Waals surface area contributed by atoms with Gasteiger partial charge in [0.1, 0.15) is 0 Å². The number of nitrogens with zero attached hydrogens (tertiary/aromatic N) is 1. The van der Waals surface area contributed by atoms with E-state index in [-0.39, 0.29) is 13.0 Å². The lowest BCUT2D eigenvalue weighted by Crippen LogP contribution is -2.12. The van der Waals surface area contributed by atoms with Crippen LogP contribution in [0.25, 0.3) is 0 Å². The third-order valence-corrected chi connectivity index (χ3v) is 2.04. The highest BCUT2D eigenvalue weighted by atomic mass is 19.4. The number of halogens is 3. The highest BCUT2D eigenvalue weighted by molar-refractivity contribution is 5.61. The van der Waals surface area contributed by atoms with E-state index in [4.69, 9.17) is 10.5 Å². The van der Waals surface area contributed by atoms with Crippen molar-refractivity contribution in [3.63, 3.8) is 0 Å². The zero-order valence-corrected chi connectivity index (χ0v) is 9.34. The number of hydrogen-bond acceptors (Lipinski definition) is 4. The Morgan fingerprint density at radius 1 is 1.41 bits per heavy atom. The molecular weight excluding hydrogens is 235 g/mol. The second-order valence-electron chi connectivity index (χ2n) is 3.44. The van der Waals surface area contributed by atoms with Gasteiger partial charge in [0, 0.05) is 19.0 Å². The number of rotatable bonds is 5. The summed E-state index contributed by atoms with van der Waals surface area (Å²) in [6.07, 6.45) is -4.99. The molecule has 1 heterocycles. The van der Waals surface area contributed by atoms with E-state index < -0.39 is 12.6 Å². The summed E-state index contributed by atoms with van der Waals surface area (Å²) in [5.74, 6) is 0.698. The van der Waals surface area contributed by atoms with Gasteiger partial charge in [0.25, 0.3) is 0 Å². The van der Waals surface area contributed by atoms with E-state index in [9.17, 15) is 13.2 Å². The summed E-state index contributed by atoms with van der Waals surface area (Å²) in [7, 11) is 1.45. The number of alkyl halides is 3. The van der Waals surface area contributed by atoms with Crippen LogP contribution in [0.3, 0.4) is 0 Å². The highest BCUT2D eigenvalue weighted by Crippen LogP contribution is 2.22. The van der Waals surface area contributed by atoms with Gasteiger partial charge in [-0.2, -0.15) is 18.2 Å². The van der Waals surface area contributed by atoms with Crippen LogP contribution in [0.15, 0.2) is 12.1 Å². The minimum atomic E-state index is -4.13. The molecule has 96 valence electrons. The fraction of sp³-hybridized carbons (Fsp3) is 0.500. The summed E-state index contributed by atoms with van der Waals surface area (Å²) in [5, 5.41) is 2.74. The first-order valence-electron chi connectivity index (χ1n) is 5.03. The molecule has 0 unspecified atom stereocenters. The molecule has 0 atom stereocenters. The van der Waals surface area contributed by atoms with Crippen LogP contribution in [0.4, 0.5) is 24.7 Å². The summed E-state index contributed by atoms with van der Waals surface area (Å²) in [6, 6.07) is 3.16. The second kappa shape index (κ2) is 5.60. The average molecular weight is 249 g/mol. The normalized spacial score (nSPS) is 11.3. The molecule has 1 aromatic rings. The molecule has 0 bridgehead atoms. The van der Waals surface area contributed by atoms with Gasteiger partial charge in [-0.05, 0) is 12.5 Å². The van der Waals surface area contributed by atoms with E-state index >= 15 is 0 Å². The lowest BCUT2D eigenvalue weighted by molar-refractivity contribution is -0.134. The maximum atomic E-state index is 11.9. The summed E-state index contributed by atoms with van der Waals surface area (Å²) in [5.41, 5.74) is 5.98. The van der Waals surface area contributed by atoms with Gasteiger partial charge in [0.15, 0.2) is 5.82 Å². The Balaban J connectivity index is 2.46. The topological polar surface area (TPSA) is 60.2 Å². The maximum absolute atomic E-state index is 11.9. The van der Waals surface area contributed by atoms with Gasteiger partial charge < -0.3 is 15.8 Å². The highest BCUT2D eigenvalue weighted by Gasteiger charge is 2.25. The average Bonchev–Trinajstić information content (AvgIpc) is 2.25. The zero-order chi connectivity index (χ0) is 12.9. The molecule has 3 N–H and O–H groups in total. The second-order valence-corrected chi connectivity index (χ2v) is 3.44. The van der Waals surface area contributed by atoms with Gasteiger partial charge in [-0.3, -0.25) is 0 Å². The van der Waals surface area contributed by atoms with Crippen molar-refractivity contribution in [2.45, 2.75) is 19.0 Å². The third kappa shape index (κ3) is 4.80. The molecule has 17 heavy (non-hydrogen) atoms. The summed E-state index contributed by atoms with van der Waals surface area (Å²) < 4.78 is 40.6. The molecule has 0 aliphatic rings. The monoisotopic (exact) mass is 249 g/mol. The zero-order valence-electron chi connectivity index (χ0n) is 9.34. The van der Waals surface area contributed by atoms with E-state index in [1.54, 1.807) is 12.1 Å². The SMILES string of the molecule is COc1ccc(N)c(NCCCC(F)(F)F)n1. The van der Waals surface area contributed by atoms with Crippen LogP contribution in [0.5, 0.6) is 5.88 Å². The van der Waals surface area contributed by atoms with Gasteiger partial charge in [-0.1, -0.05) is 0 Å². The molecule has 0 fully saturated rings. The Labute approximate surface area is 97.0 Å². The number of anilines is 2. The molecular formula is C10H14F3N3O. The van der Waals surface area contributed by atoms with Gasteiger partial charge >= 0.3 is 6.18 Å². The fourth-order valence-electron chi connectivity index (χ4n) is 1.20. The van der Waals surface area contributed by atoms with Crippen molar-refractivity contribution in [1.82, 2.24) is 4.98 Å². The number of nitrogens with one attached hydrogen (secondary N) is 1. The number of nitrogen functional groups attached to an aromatic ring is 1. The van der Waals surface area contributed by atoms with Crippen LogP contribution in [0, 0.1) is 0 Å². The Morgan fingerprint density at radius 2 is 2.12 bits per heavy atom. The number of pyridine rings is 1. The standard InChI is InChI=1S/C10H14F3N3O/c1-17-8-4-3-7(14)9(16-8)15-6-2-5-10(11,12)13/h3-4H,2,5-6,14H2,1H3,(H,15,16).